The Kier molecular flexibility index (Phi) is 8.35. The molecule has 8 nitrogen and oxygen atoms in total. The number of carbonyl (C=O) groups excluding carboxylic acids is 4. The van der Waals surface area contributed by atoms with E-state index in [4.69, 9.17) is 4.74 Å². The molecule has 1 heterocycles. The van der Waals surface area contributed by atoms with Crippen LogP contribution >= 0.6 is 0 Å². The van der Waals surface area contributed by atoms with Crippen LogP contribution in [0.3, 0.4) is 0 Å². The molecular formula is C25H27N3O5. The van der Waals surface area contributed by atoms with Crippen molar-refractivity contribution in [1.82, 2.24) is 16.0 Å². The summed E-state index contributed by atoms with van der Waals surface area (Å²) >= 11 is 0. The standard InChI is InChI=1S/C25H27N3O5/c1-33-25(32)19(14-8-13-17-9-4-2-5-10-17)26-22(29)16-21-24(31)27-20(23(30)28-21)15-18-11-6-3-7-12-18/h2-13,19-21H,14-16H2,1H3,(H,26,29)(H,27,31)(H,28,30)/b13-8+/t19-,20-,21-/m0/s1. The number of rotatable bonds is 9. The summed E-state index contributed by atoms with van der Waals surface area (Å²) in [6, 6.07) is 16.2. The highest BCUT2D eigenvalue weighted by molar-refractivity contribution is 5.99. The predicted molar refractivity (Wildman–Crippen MR) is 123 cm³/mol. The maximum Gasteiger partial charge on any atom is 0.328 e. The number of methoxy groups -OCH3 is 1. The van der Waals surface area contributed by atoms with Gasteiger partial charge < -0.3 is 20.7 Å². The SMILES string of the molecule is COC(=O)[C@H](C/C=C/c1ccccc1)NC(=O)C[C@@H]1NC(=O)[C@H](Cc2ccccc2)NC1=O. The predicted octanol–water partition coefficient (Wildman–Crippen LogP) is 1.36. The molecule has 3 amide bonds. The maximum absolute atomic E-state index is 12.5. The molecule has 1 aliphatic rings. The minimum Gasteiger partial charge on any atom is -0.467 e. The van der Waals surface area contributed by atoms with Gasteiger partial charge in [-0.2, -0.15) is 0 Å². The molecule has 3 N–H and O–H groups in total. The average molecular weight is 450 g/mol. The Morgan fingerprint density at radius 3 is 2.24 bits per heavy atom. The number of carbonyl (C=O) groups is 4. The third-order valence-corrected chi connectivity index (χ3v) is 5.24. The van der Waals surface area contributed by atoms with Crippen LogP contribution in [0, 0.1) is 0 Å². The minimum atomic E-state index is -1.01. The number of esters is 1. The monoisotopic (exact) mass is 449 g/mol. The van der Waals surface area contributed by atoms with Crippen molar-refractivity contribution in [1.29, 1.82) is 0 Å². The summed E-state index contributed by atoms with van der Waals surface area (Å²) < 4.78 is 4.78. The number of hydrogen-bond acceptors (Lipinski definition) is 5. The molecule has 0 aliphatic carbocycles. The topological polar surface area (TPSA) is 114 Å². The molecule has 2 aromatic rings. The summed E-state index contributed by atoms with van der Waals surface area (Å²) in [5.41, 5.74) is 1.87. The van der Waals surface area contributed by atoms with Crippen molar-refractivity contribution in [2.45, 2.75) is 37.4 Å². The van der Waals surface area contributed by atoms with E-state index in [0.717, 1.165) is 11.1 Å². The van der Waals surface area contributed by atoms with Crippen LogP contribution in [-0.2, 0) is 30.3 Å². The Hall–Kier alpha value is -3.94. The first-order chi connectivity index (χ1) is 16.0. The van der Waals surface area contributed by atoms with E-state index in [2.05, 4.69) is 16.0 Å². The van der Waals surface area contributed by atoms with Gasteiger partial charge in [-0.1, -0.05) is 72.8 Å². The van der Waals surface area contributed by atoms with Crippen molar-refractivity contribution in [2.75, 3.05) is 7.11 Å². The summed E-state index contributed by atoms with van der Waals surface area (Å²) in [5, 5.41) is 7.87. The minimum absolute atomic E-state index is 0.218. The molecule has 0 unspecified atom stereocenters. The molecular weight excluding hydrogens is 422 g/mol. The Bertz CT molecular complexity index is 1010. The Morgan fingerprint density at radius 2 is 1.58 bits per heavy atom. The molecule has 8 heteroatoms. The van der Waals surface area contributed by atoms with E-state index in [-0.39, 0.29) is 18.7 Å². The fourth-order valence-electron chi connectivity index (χ4n) is 3.51. The van der Waals surface area contributed by atoms with Crippen molar-refractivity contribution in [3.05, 3.63) is 77.9 Å². The van der Waals surface area contributed by atoms with Crippen molar-refractivity contribution >= 4 is 29.8 Å². The van der Waals surface area contributed by atoms with Gasteiger partial charge in [0.15, 0.2) is 0 Å². The van der Waals surface area contributed by atoms with Crippen LogP contribution in [-0.4, -0.2) is 48.9 Å². The molecule has 0 spiro atoms. The zero-order chi connectivity index (χ0) is 23.6. The second-order valence-corrected chi connectivity index (χ2v) is 7.71. The van der Waals surface area contributed by atoms with E-state index in [1.54, 1.807) is 6.08 Å². The number of nitrogens with one attached hydrogen (secondary N) is 3. The van der Waals surface area contributed by atoms with Crippen LogP contribution in [0.4, 0.5) is 0 Å². The van der Waals surface area contributed by atoms with E-state index >= 15 is 0 Å². The second-order valence-electron chi connectivity index (χ2n) is 7.71. The number of hydrogen-bond donors (Lipinski definition) is 3. The fourth-order valence-corrected chi connectivity index (χ4v) is 3.51. The highest BCUT2D eigenvalue weighted by atomic mass is 16.5. The summed E-state index contributed by atoms with van der Waals surface area (Å²) in [6.07, 6.45) is 3.89. The summed E-state index contributed by atoms with van der Waals surface area (Å²) in [7, 11) is 1.24. The molecule has 2 aromatic carbocycles. The third kappa shape index (κ3) is 7.03. The van der Waals surface area contributed by atoms with E-state index in [9.17, 15) is 19.2 Å². The number of ether oxygens (including phenoxy) is 1. The van der Waals surface area contributed by atoms with Crippen LogP contribution in [0.2, 0.25) is 0 Å². The number of amides is 3. The number of benzene rings is 2. The van der Waals surface area contributed by atoms with Crippen molar-refractivity contribution < 1.29 is 23.9 Å². The highest BCUT2D eigenvalue weighted by Gasteiger charge is 2.35. The smallest absolute Gasteiger partial charge is 0.328 e. The third-order valence-electron chi connectivity index (χ3n) is 5.24. The largest absolute Gasteiger partial charge is 0.467 e. The molecule has 3 atom stereocenters. The van der Waals surface area contributed by atoms with Gasteiger partial charge in [0.25, 0.3) is 0 Å². The zero-order valence-electron chi connectivity index (χ0n) is 18.3. The molecule has 0 radical (unpaired) electrons. The first-order valence-corrected chi connectivity index (χ1v) is 10.7. The Morgan fingerprint density at radius 1 is 0.970 bits per heavy atom. The lowest BCUT2D eigenvalue weighted by Crippen LogP contribution is -2.63. The van der Waals surface area contributed by atoms with Crippen LogP contribution in [0.15, 0.2) is 66.7 Å². The Labute approximate surface area is 192 Å². The van der Waals surface area contributed by atoms with Crippen molar-refractivity contribution in [3.63, 3.8) is 0 Å². The molecule has 0 bridgehead atoms. The van der Waals surface area contributed by atoms with Gasteiger partial charge in [0.1, 0.15) is 18.1 Å². The quantitative estimate of drug-likeness (QED) is 0.501. The van der Waals surface area contributed by atoms with E-state index in [1.807, 2.05) is 66.7 Å². The van der Waals surface area contributed by atoms with Gasteiger partial charge in [-0.25, -0.2) is 4.79 Å². The molecule has 172 valence electrons. The summed E-state index contributed by atoms with van der Waals surface area (Å²) in [4.78, 5) is 49.5. The summed E-state index contributed by atoms with van der Waals surface area (Å²) in [6.45, 7) is 0. The van der Waals surface area contributed by atoms with Gasteiger partial charge in [0.2, 0.25) is 17.7 Å². The van der Waals surface area contributed by atoms with E-state index in [0.29, 0.717) is 6.42 Å². The van der Waals surface area contributed by atoms with Crippen molar-refractivity contribution in [2.24, 2.45) is 0 Å². The van der Waals surface area contributed by atoms with E-state index in [1.165, 1.54) is 7.11 Å². The van der Waals surface area contributed by atoms with Gasteiger partial charge in [0, 0.05) is 6.42 Å². The van der Waals surface area contributed by atoms with Gasteiger partial charge in [-0.15, -0.1) is 0 Å². The first kappa shape index (κ1) is 23.7. The first-order valence-electron chi connectivity index (χ1n) is 10.7. The van der Waals surface area contributed by atoms with Crippen LogP contribution < -0.4 is 16.0 Å². The van der Waals surface area contributed by atoms with Crippen LogP contribution in [0.25, 0.3) is 6.08 Å². The van der Waals surface area contributed by atoms with Crippen LogP contribution in [0.1, 0.15) is 24.0 Å². The zero-order valence-corrected chi connectivity index (χ0v) is 18.3. The molecule has 33 heavy (non-hydrogen) atoms. The Balaban J connectivity index is 1.54. The highest BCUT2D eigenvalue weighted by Crippen LogP contribution is 2.09. The lowest BCUT2D eigenvalue weighted by atomic mass is 10.0. The van der Waals surface area contributed by atoms with Gasteiger partial charge in [-0.3, -0.25) is 14.4 Å². The average Bonchev–Trinajstić information content (AvgIpc) is 2.82. The maximum atomic E-state index is 12.5. The van der Waals surface area contributed by atoms with E-state index < -0.39 is 35.9 Å². The van der Waals surface area contributed by atoms with Gasteiger partial charge in [0.05, 0.1) is 13.5 Å². The molecule has 1 saturated heterocycles. The van der Waals surface area contributed by atoms with Crippen molar-refractivity contribution in [3.8, 4) is 0 Å². The lowest BCUT2D eigenvalue weighted by molar-refractivity contribution is -0.145. The molecule has 1 fully saturated rings. The van der Waals surface area contributed by atoms with Crippen LogP contribution in [0.5, 0.6) is 0 Å². The summed E-state index contributed by atoms with van der Waals surface area (Å²) in [5.74, 6) is -1.93. The molecule has 0 saturated carbocycles. The molecule has 1 aliphatic heterocycles. The fraction of sp³-hybridized carbons (Fsp3) is 0.280. The second kappa shape index (κ2) is 11.6. The molecule has 3 rings (SSSR count). The lowest BCUT2D eigenvalue weighted by Gasteiger charge is -2.29. The van der Waals surface area contributed by atoms with Gasteiger partial charge in [-0.05, 0) is 17.5 Å². The number of piperazine rings is 1. The molecule has 0 aromatic heterocycles. The normalized spacial score (nSPS) is 18.8. The van der Waals surface area contributed by atoms with Gasteiger partial charge >= 0.3 is 5.97 Å².